The van der Waals surface area contributed by atoms with Crippen molar-refractivity contribution in [3.05, 3.63) is 35.4 Å². The van der Waals surface area contributed by atoms with Gasteiger partial charge >= 0.3 is 0 Å². The van der Waals surface area contributed by atoms with Gasteiger partial charge in [-0.2, -0.15) is 0 Å². The number of benzene rings is 1. The van der Waals surface area contributed by atoms with Gasteiger partial charge in [0.25, 0.3) is 0 Å². The Balaban J connectivity index is 2.32. The molecule has 0 radical (unpaired) electrons. The fraction of sp³-hybridized carbons (Fsp3) is 0.385. The molecule has 2 heteroatoms. The Labute approximate surface area is 91.0 Å². The highest BCUT2D eigenvalue weighted by molar-refractivity contribution is 5.69. The molecule has 2 rings (SSSR count). The number of aryl methyl sites for hydroxylation is 1. The van der Waals surface area contributed by atoms with Crippen LogP contribution in [-0.2, 0) is 0 Å². The molecule has 0 aromatic heterocycles. The predicted molar refractivity (Wildman–Crippen MR) is 63.2 cm³/mol. The van der Waals surface area contributed by atoms with E-state index in [4.69, 9.17) is 4.74 Å². The molecular formula is C13H17NO. The van der Waals surface area contributed by atoms with Crippen LogP contribution in [0.4, 0.5) is 0 Å². The van der Waals surface area contributed by atoms with Gasteiger partial charge in [-0.3, -0.25) is 0 Å². The number of nitrogens with one attached hydrogen (secondary N) is 1. The molecular weight excluding hydrogens is 186 g/mol. The Bertz CT molecular complexity index is 382. The van der Waals surface area contributed by atoms with Gasteiger partial charge in [-0.25, -0.2) is 0 Å². The Morgan fingerprint density at radius 1 is 1.33 bits per heavy atom. The average Bonchev–Trinajstić information content (AvgIpc) is 2.30. The van der Waals surface area contributed by atoms with Crippen molar-refractivity contribution in [3.63, 3.8) is 0 Å². The van der Waals surface area contributed by atoms with Crippen LogP contribution in [0.2, 0.25) is 0 Å². The van der Waals surface area contributed by atoms with Crippen molar-refractivity contribution in [2.75, 3.05) is 20.2 Å². The lowest BCUT2D eigenvalue weighted by Crippen LogP contribution is -2.20. The van der Waals surface area contributed by atoms with Crippen LogP contribution in [0.25, 0.3) is 5.57 Å². The fourth-order valence-corrected chi connectivity index (χ4v) is 1.99. The normalized spacial score (nSPS) is 16.0. The minimum Gasteiger partial charge on any atom is -0.497 e. The van der Waals surface area contributed by atoms with Crippen LogP contribution in [0.1, 0.15) is 17.5 Å². The van der Waals surface area contributed by atoms with Crippen LogP contribution < -0.4 is 10.1 Å². The Morgan fingerprint density at radius 3 is 2.80 bits per heavy atom. The van der Waals surface area contributed by atoms with Crippen LogP contribution in [0.3, 0.4) is 0 Å². The van der Waals surface area contributed by atoms with Gasteiger partial charge in [-0.1, -0.05) is 12.1 Å². The molecule has 0 saturated heterocycles. The first-order chi connectivity index (χ1) is 7.31. The van der Waals surface area contributed by atoms with Gasteiger partial charge in [-0.05, 0) is 48.7 Å². The van der Waals surface area contributed by atoms with Gasteiger partial charge in [0.1, 0.15) is 5.75 Å². The number of ether oxygens (including phenoxy) is 1. The van der Waals surface area contributed by atoms with E-state index in [1.807, 2.05) is 6.07 Å². The first kappa shape index (κ1) is 10.2. The highest BCUT2D eigenvalue weighted by Gasteiger charge is 2.08. The van der Waals surface area contributed by atoms with E-state index >= 15 is 0 Å². The zero-order valence-electron chi connectivity index (χ0n) is 9.34. The molecule has 0 spiro atoms. The highest BCUT2D eigenvalue weighted by Crippen LogP contribution is 2.26. The molecule has 1 aliphatic heterocycles. The molecule has 0 atom stereocenters. The molecule has 1 N–H and O–H groups in total. The summed E-state index contributed by atoms with van der Waals surface area (Å²) in [4.78, 5) is 0. The van der Waals surface area contributed by atoms with Gasteiger partial charge in [0.2, 0.25) is 0 Å². The second-order valence-electron chi connectivity index (χ2n) is 3.86. The molecule has 0 saturated carbocycles. The Morgan fingerprint density at radius 2 is 2.20 bits per heavy atom. The maximum absolute atomic E-state index is 5.21. The highest BCUT2D eigenvalue weighted by atomic mass is 16.5. The van der Waals surface area contributed by atoms with Crippen LogP contribution >= 0.6 is 0 Å². The Hall–Kier alpha value is -1.28. The summed E-state index contributed by atoms with van der Waals surface area (Å²) in [6.07, 6.45) is 3.39. The fourth-order valence-electron chi connectivity index (χ4n) is 1.99. The van der Waals surface area contributed by atoms with Crippen molar-refractivity contribution in [1.29, 1.82) is 0 Å². The van der Waals surface area contributed by atoms with Crippen molar-refractivity contribution in [3.8, 4) is 5.75 Å². The third-order valence-corrected chi connectivity index (χ3v) is 2.84. The molecule has 0 bridgehead atoms. The third-order valence-electron chi connectivity index (χ3n) is 2.84. The first-order valence-electron chi connectivity index (χ1n) is 5.36. The van der Waals surface area contributed by atoms with Gasteiger partial charge in [-0.15, -0.1) is 0 Å². The quantitative estimate of drug-likeness (QED) is 0.796. The van der Waals surface area contributed by atoms with E-state index in [0.717, 1.165) is 25.3 Å². The molecule has 1 heterocycles. The lowest BCUT2D eigenvalue weighted by atomic mass is 9.96. The summed E-state index contributed by atoms with van der Waals surface area (Å²) in [5.74, 6) is 0.936. The van der Waals surface area contributed by atoms with E-state index in [-0.39, 0.29) is 0 Å². The minimum atomic E-state index is 0.936. The molecule has 1 aromatic carbocycles. The van der Waals surface area contributed by atoms with E-state index in [1.54, 1.807) is 7.11 Å². The van der Waals surface area contributed by atoms with Crippen molar-refractivity contribution in [1.82, 2.24) is 5.32 Å². The van der Waals surface area contributed by atoms with E-state index in [1.165, 1.54) is 16.7 Å². The zero-order valence-corrected chi connectivity index (χ0v) is 9.34. The second-order valence-corrected chi connectivity index (χ2v) is 3.86. The monoisotopic (exact) mass is 203 g/mol. The predicted octanol–water partition coefficient (Wildman–Crippen LogP) is 2.38. The average molecular weight is 203 g/mol. The smallest absolute Gasteiger partial charge is 0.119 e. The third kappa shape index (κ3) is 2.21. The number of rotatable bonds is 2. The zero-order chi connectivity index (χ0) is 10.7. The van der Waals surface area contributed by atoms with Crippen LogP contribution in [-0.4, -0.2) is 20.2 Å². The summed E-state index contributed by atoms with van der Waals surface area (Å²) in [6.45, 7) is 4.21. The van der Waals surface area contributed by atoms with Gasteiger partial charge in [0.15, 0.2) is 0 Å². The molecule has 0 unspecified atom stereocenters. The van der Waals surface area contributed by atoms with Crippen LogP contribution in [0.15, 0.2) is 24.3 Å². The number of hydrogen-bond donors (Lipinski definition) is 1. The maximum Gasteiger partial charge on any atom is 0.119 e. The molecule has 0 amide bonds. The molecule has 1 aromatic rings. The summed E-state index contributed by atoms with van der Waals surface area (Å²) in [7, 11) is 1.71. The summed E-state index contributed by atoms with van der Waals surface area (Å²) in [5, 5.41) is 3.33. The topological polar surface area (TPSA) is 21.3 Å². The summed E-state index contributed by atoms with van der Waals surface area (Å²) >= 11 is 0. The second kappa shape index (κ2) is 4.49. The molecule has 2 nitrogen and oxygen atoms in total. The molecule has 0 aliphatic carbocycles. The largest absolute Gasteiger partial charge is 0.497 e. The van der Waals surface area contributed by atoms with E-state index in [2.05, 4.69) is 30.4 Å². The van der Waals surface area contributed by atoms with E-state index < -0.39 is 0 Å². The number of hydrogen-bond acceptors (Lipinski definition) is 2. The lowest BCUT2D eigenvalue weighted by Gasteiger charge is -2.16. The van der Waals surface area contributed by atoms with Crippen molar-refractivity contribution in [2.45, 2.75) is 13.3 Å². The number of methoxy groups -OCH3 is 1. The standard InChI is InChI=1S/C13H17NO/c1-10-9-12(15-2)3-4-13(10)11-5-7-14-8-6-11/h3-5,9,14H,6-8H2,1-2H3. The van der Waals surface area contributed by atoms with Crippen LogP contribution in [0, 0.1) is 6.92 Å². The van der Waals surface area contributed by atoms with E-state index in [9.17, 15) is 0 Å². The summed E-state index contributed by atoms with van der Waals surface area (Å²) in [5.41, 5.74) is 4.11. The maximum atomic E-state index is 5.21. The summed E-state index contributed by atoms with van der Waals surface area (Å²) in [6, 6.07) is 6.29. The van der Waals surface area contributed by atoms with Crippen molar-refractivity contribution >= 4 is 5.57 Å². The van der Waals surface area contributed by atoms with Gasteiger partial charge in [0, 0.05) is 6.54 Å². The molecule has 1 aliphatic rings. The lowest BCUT2D eigenvalue weighted by molar-refractivity contribution is 0.414. The van der Waals surface area contributed by atoms with Crippen molar-refractivity contribution in [2.24, 2.45) is 0 Å². The molecule has 15 heavy (non-hydrogen) atoms. The van der Waals surface area contributed by atoms with Gasteiger partial charge < -0.3 is 10.1 Å². The Kier molecular flexibility index (Phi) is 3.07. The van der Waals surface area contributed by atoms with Crippen molar-refractivity contribution < 1.29 is 4.74 Å². The molecule has 0 fully saturated rings. The summed E-state index contributed by atoms with van der Waals surface area (Å²) < 4.78 is 5.21. The van der Waals surface area contributed by atoms with E-state index in [0.29, 0.717) is 0 Å². The van der Waals surface area contributed by atoms with Crippen LogP contribution in [0.5, 0.6) is 5.75 Å². The SMILES string of the molecule is COc1ccc(C2=CCNCC2)c(C)c1. The van der Waals surface area contributed by atoms with Gasteiger partial charge in [0.05, 0.1) is 7.11 Å². The minimum absolute atomic E-state index is 0.936. The molecule has 80 valence electrons. The first-order valence-corrected chi connectivity index (χ1v) is 5.36.